The Morgan fingerprint density at radius 2 is 1.66 bits per heavy atom. The van der Waals surface area contributed by atoms with Crippen molar-refractivity contribution >= 4 is 61.3 Å². The molecule has 4 fully saturated rings. The van der Waals surface area contributed by atoms with E-state index in [4.69, 9.17) is 34.3 Å². The van der Waals surface area contributed by atoms with Crippen LogP contribution >= 0.6 is 27.3 Å². The second kappa shape index (κ2) is 10.1. The first-order valence-electron chi connectivity index (χ1n) is 13.4. The Bertz CT molecular complexity index is 1860. The normalized spacial score (nSPS) is 40.7. The highest BCUT2D eigenvalue weighted by Gasteiger charge is 2.73. The van der Waals surface area contributed by atoms with Crippen molar-refractivity contribution in [1.82, 2.24) is 39.0 Å². The Balaban J connectivity index is 1.12. The zero-order valence-electron chi connectivity index (χ0n) is 22.4. The molecular formula is C22H26N10O9P2S. The molecule has 2 aliphatic heterocycles. The summed E-state index contributed by atoms with van der Waals surface area (Å²) in [5.74, 6) is 0.0116. The van der Waals surface area contributed by atoms with Gasteiger partial charge in [0.25, 0.3) is 0 Å². The van der Waals surface area contributed by atoms with Gasteiger partial charge < -0.3 is 44.6 Å². The summed E-state index contributed by atoms with van der Waals surface area (Å²) in [5.41, 5.74) is 12.3. The lowest BCUT2D eigenvalue weighted by molar-refractivity contribution is -0.0547. The molecule has 22 heteroatoms. The van der Waals surface area contributed by atoms with E-state index in [9.17, 15) is 19.3 Å². The lowest BCUT2D eigenvalue weighted by Gasteiger charge is -2.29. The van der Waals surface area contributed by atoms with E-state index in [0.717, 1.165) is 0 Å². The molecule has 0 radical (unpaired) electrons. The third-order valence-corrected chi connectivity index (χ3v) is 11.3. The van der Waals surface area contributed by atoms with Gasteiger partial charge in [-0.15, -0.1) is 0 Å². The van der Waals surface area contributed by atoms with E-state index in [1.54, 1.807) is 4.57 Å². The lowest BCUT2D eigenvalue weighted by Crippen LogP contribution is -2.37. The number of fused-ring (bicyclic) bond motifs is 4. The van der Waals surface area contributed by atoms with Crippen molar-refractivity contribution in [2.24, 2.45) is 11.3 Å². The maximum Gasteiger partial charge on any atom is 0.386 e. The topological polar surface area (TPSA) is 260 Å². The molecule has 6 N–H and O–H groups in total. The van der Waals surface area contributed by atoms with Crippen LogP contribution in [0.1, 0.15) is 18.7 Å². The van der Waals surface area contributed by atoms with Gasteiger partial charge in [-0.3, -0.25) is 13.7 Å². The maximum absolute atomic E-state index is 13.7. The molecule has 2 unspecified atom stereocenters. The fraction of sp³-hybridized carbons (Fsp3) is 0.545. The number of nitrogen functional groups attached to an aromatic ring is 2. The summed E-state index contributed by atoms with van der Waals surface area (Å²) in [4.78, 5) is 24.9. The van der Waals surface area contributed by atoms with E-state index < -0.39 is 63.3 Å². The number of aliphatic hydroxyl groups is 2. The van der Waals surface area contributed by atoms with Crippen LogP contribution in [-0.4, -0.2) is 93.0 Å². The Morgan fingerprint density at radius 3 is 2.36 bits per heavy atom. The maximum atomic E-state index is 13.7. The van der Waals surface area contributed by atoms with Crippen LogP contribution in [-0.2, 0) is 32.0 Å². The van der Waals surface area contributed by atoms with E-state index in [2.05, 4.69) is 42.2 Å². The largest absolute Gasteiger partial charge is 0.388 e. The highest BCUT2D eigenvalue weighted by Crippen LogP contribution is 2.71. The van der Waals surface area contributed by atoms with Crippen molar-refractivity contribution in [2.75, 3.05) is 24.7 Å². The van der Waals surface area contributed by atoms with Gasteiger partial charge >= 0.3 is 15.1 Å². The molecule has 0 amide bonds. The molecular weight excluding hydrogens is 642 g/mol. The van der Waals surface area contributed by atoms with Gasteiger partial charge in [0.15, 0.2) is 29.2 Å². The summed E-state index contributed by atoms with van der Waals surface area (Å²) < 4.78 is 59.0. The van der Waals surface area contributed by atoms with Gasteiger partial charge in [0, 0.05) is 5.41 Å². The van der Waals surface area contributed by atoms with Crippen LogP contribution in [0.4, 0.5) is 11.6 Å². The Kier molecular flexibility index (Phi) is 6.60. The van der Waals surface area contributed by atoms with Crippen molar-refractivity contribution in [3.05, 3.63) is 25.3 Å². The predicted molar refractivity (Wildman–Crippen MR) is 152 cm³/mol. The van der Waals surface area contributed by atoms with E-state index >= 15 is 0 Å². The van der Waals surface area contributed by atoms with Crippen molar-refractivity contribution in [1.29, 1.82) is 0 Å². The first-order valence-corrected chi connectivity index (χ1v) is 17.4. The third-order valence-electron chi connectivity index (χ3n) is 8.84. The van der Waals surface area contributed by atoms with Crippen LogP contribution in [0.2, 0.25) is 0 Å². The molecule has 234 valence electrons. The third kappa shape index (κ3) is 4.32. The van der Waals surface area contributed by atoms with Gasteiger partial charge in [-0.2, -0.15) is 0 Å². The summed E-state index contributed by atoms with van der Waals surface area (Å²) in [7, 11) is -3.27. The lowest BCUT2D eigenvalue weighted by atomic mass is 10.0. The van der Waals surface area contributed by atoms with Crippen LogP contribution in [0.5, 0.6) is 0 Å². The molecule has 44 heavy (non-hydrogen) atoms. The number of ether oxygens (including phenoxy) is 1. The zero-order valence-corrected chi connectivity index (χ0v) is 25.2. The van der Waals surface area contributed by atoms with Crippen LogP contribution in [0.3, 0.4) is 0 Å². The number of aromatic nitrogens is 8. The molecule has 0 aromatic carbocycles. The number of nitrogens with two attached hydrogens (primary N) is 2. The van der Waals surface area contributed by atoms with Gasteiger partial charge in [-0.25, -0.2) is 34.5 Å². The fourth-order valence-corrected chi connectivity index (χ4v) is 9.15. The van der Waals surface area contributed by atoms with Gasteiger partial charge in [0.2, 0.25) is 0 Å². The Morgan fingerprint density at radius 1 is 1.00 bits per heavy atom. The fourth-order valence-electron chi connectivity index (χ4n) is 6.70. The van der Waals surface area contributed by atoms with E-state index in [-0.39, 0.29) is 41.9 Å². The second-order valence-corrected chi connectivity index (χ2v) is 15.1. The molecule has 2 bridgehead atoms. The monoisotopic (exact) mass is 668 g/mol. The predicted octanol–water partition coefficient (Wildman–Crippen LogP) is 0.256. The molecule has 4 aliphatic rings. The molecule has 11 atom stereocenters. The molecule has 19 nitrogen and oxygen atoms in total. The first-order chi connectivity index (χ1) is 21.1. The highest BCUT2D eigenvalue weighted by atomic mass is 32.7. The Hall–Kier alpha value is -2.77. The minimum atomic E-state index is -4.21. The van der Waals surface area contributed by atoms with E-state index in [1.165, 1.54) is 29.9 Å². The zero-order chi connectivity index (χ0) is 30.5. The van der Waals surface area contributed by atoms with Crippen molar-refractivity contribution in [2.45, 2.75) is 49.2 Å². The van der Waals surface area contributed by atoms with Crippen molar-refractivity contribution in [3.63, 3.8) is 0 Å². The number of hydrogen-bond donors (Lipinski definition) is 5. The Labute approximate surface area is 252 Å². The molecule has 4 aromatic rings. The number of thiol groups is 1. The standard InChI is InChI=1S/C22H26N10O9P2S/c23-17-10-19(27-4-25-17)31(6-29-10)12-8-1-22(8)3-38-43(36,44)41-15-13(33)9(2-37-42(35)40-16(22)14(12)34)39-21(15)32-7-30-11-18(24)26-5-28-20(11)32/h4-9,12-16,21,33-34,42H,1-3H2,(H,36,44)(H2,23,25,27)(H2,24,26,28)/t8-,9-,12-,13-,14+,15-,16+,21-,22?,43+/m1/s1. The van der Waals surface area contributed by atoms with Crippen LogP contribution < -0.4 is 11.5 Å². The van der Waals surface area contributed by atoms with Crippen molar-refractivity contribution in [3.8, 4) is 0 Å². The van der Waals surface area contributed by atoms with Crippen LogP contribution in [0.15, 0.2) is 25.3 Å². The van der Waals surface area contributed by atoms with Crippen molar-refractivity contribution < 1.29 is 42.2 Å². The summed E-state index contributed by atoms with van der Waals surface area (Å²) in [6.45, 7) is -4.84. The van der Waals surface area contributed by atoms with Crippen LogP contribution in [0, 0.1) is 11.3 Å². The summed E-state index contributed by atoms with van der Waals surface area (Å²) in [5, 5.41) is 22.6. The average molecular weight is 669 g/mol. The smallest absolute Gasteiger partial charge is 0.386 e. The van der Waals surface area contributed by atoms with Gasteiger partial charge in [-0.05, 0) is 12.3 Å². The van der Waals surface area contributed by atoms with Gasteiger partial charge in [-0.1, -0.05) is 12.2 Å². The van der Waals surface area contributed by atoms with Crippen LogP contribution in [0.25, 0.3) is 22.3 Å². The number of hydrogen-bond acceptors (Lipinski definition) is 17. The van der Waals surface area contributed by atoms with Gasteiger partial charge in [0.1, 0.15) is 54.2 Å². The first kappa shape index (κ1) is 28.7. The van der Waals surface area contributed by atoms with Gasteiger partial charge in [0.05, 0.1) is 31.9 Å². The number of imidazole rings is 2. The SMILES string of the molecule is Nc1ncnc2c1ncn2[C@H]1[C@H](O)[C@@H]2O[PH](=O)OC[C@H]3O[C@@H](n4cnc5c(N)ncnc54)[C@H](O[P@@](=O)(S)OCC24C[C@H]14)[C@@H]3O. The molecule has 1 spiro atoms. The molecule has 2 aliphatic carbocycles. The number of anilines is 2. The highest BCUT2D eigenvalue weighted by molar-refractivity contribution is 8.44. The van der Waals surface area contributed by atoms with E-state index in [1.807, 2.05) is 0 Å². The number of aliphatic hydroxyl groups excluding tert-OH is 2. The minimum absolute atomic E-state index is 0.121. The quantitative estimate of drug-likeness (QED) is 0.142. The van der Waals surface area contributed by atoms with E-state index in [0.29, 0.717) is 17.6 Å². The molecule has 8 rings (SSSR count). The molecule has 6 heterocycles. The minimum Gasteiger partial charge on any atom is -0.388 e. The molecule has 2 saturated carbocycles. The number of nitrogens with zero attached hydrogens (tertiary/aromatic N) is 8. The summed E-state index contributed by atoms with van der Waals surface area (Å²) in [6.07, 6.45) is -1.40. The molecule has 4 aromatic heterocycles. The summed E-state index contributed by atoms with van der Waals surface area (Å²) in [6, 6.07) is -0.625. The molecule has 2 saturated heterocycles. The summed E-state index contributed by atoms with van der Waals surface area (Å²) >= 11 is 4.21. The average Bonchev–Trinajstić information content (AvgIpc) is 3.28. The second-order valence-electron chi connectivity index (χ2n) is 11.2. The number of rotatable bonds is 2.